The lowest BCUT2D eigenvalue weighted by atomic mass is 10.2. The fourth-order valence-corrected chi connectivity index (χ4v) is 2.71. The van der Waals surface area contributed by atoms with Crippen molar-refractivity contribution >= 4 is 33.6 Å². The highest BCUT2D eigenvalue weighted by molar-refractivity contribution is 9.10. The Balaban J connectivity index is 1.77. The second kappa shape index (κ2) is 6.60. The van der Waals surface area contributed by atoms with Crippen molar-refractivity contribution in [3.05, 3.63) is 41.1 Å². The van der Waals surface area contributed by atoms with Gasteiger partial charge in [-0.1, -0.05) is 0 Å². The predicted octanol–water partition coefficient (Wildman–Crippen LogP) is 2.24. The number of ether oxygens (including phenoxy) is 1. The second-order valence-corrected chi connectivity index (χ2v) is 6.11. The number of nitrogens with zero attached hydrogens (tertiary/aromatic N) is 3. The van der Waals surface area contributed by atoms with Crippen molar-refractivity contribution < 1.29 is 18.7 Å². The van der Waals surface area contributed by atoms with Crippen LogP contribution in [0.25, 0.3) is 5.69 Å². The van der Waals surface area contributed by atoms with E-state index in [0.717, 1.165) is 0 Å². The van der Waals surface area contributed by atoms with E-state index < -0.39 is 18.0 Å². The lowest BCUT2D eigenvalue weighted by molar-refractivity contribution is -0.119. The van der Waals surface area contributed by atoms with Crippen LogP contribution in [0.15, 0.2) is 35.3 Å². The van der Waals surface area contributed by atoms with Gasteiger partial charge in [0.15, 0.2) is 0 Å². The molecule has 1 fully saturated rings. The molecule has 0 radical (unpaired) electrons. The average Bonchev–Trinajstić information content (AvgIpc) is 3.11. The first-order chi connectivity index (χ1) is 11.4. The molecular formula is C15H14BrFN4O3. The maximum atomic E-state index is 14.4. The van der Waals surface area contributed by atoms with Gasteiger partial charge in [-0.2, -0.15) is 0 Å². The molecule has 1 aromatic carbocycles. The molecule has 1 aliphatic rings. The van der Waals surface area contributed by atoms with Gasteiger partial charge in [-0.25, -0.2) is 14.2 Å². The van der Waals surface area contributed by atoms with Gasteiger partial charge in [0.25, 0.3) is 0 Å². The zero-order chi connectivity index (χ0) is 17.3. The SMILES string of the molecule is CC(=O)NC[C@@H]1CN(c2ccc(-n3cnc(Br)c3)c(F)c2)C(=O)O1. The van der Waals surface area contributed by atoms with E-state index in [1.165, 1.54) is 28.8 Å². The van der Waals surface area contributed by atoms with Gasteiger partial charge in [-0.05, 0) is 34.1 Å². The van der Waals surface area contributed by atoms with E-state index in [1.54, 1.807) is 18.3 Å². The molecule has 126 valence electrons. The Morgan fingerprint density at radius 2 is 2.33 bits per heavy atom. The number of aromatic nitrogens is 2. The Morgan fingerprint density at radius 3 is 2.96 bits per heavy atom. The number of carbonyl (C=O) groups excluding carboxylic acids is 2. The lowest BCUT2D eigenvalue weighted by Gasteiger charge is -2.14. The highest BCUT2D eigenvalue weighted by Gasteiger charge is 2.32. The van der Waals surface area contributed by atoms with Crippen molar-refractivity contribution in [3.8, 4) is 5.69 Å². The smallest absolute Gasteiger partial charge is 0.414 e. The summed E-state index contributed by atoms with van der Waals surface area (Å²) in [5.41, 5.74) is 0.713. The highest BCUT2D eigenvalue weighted by atomic mass is 79.9. The van der Waals surface area contributed by atoms with E-state index >= 15 is 0 Å². The minimum atomic E-state index is -0.567. The van der Waals surface area contributed by atoms with Crippen molar-refractivity contribution in [2.75, 3.05) is 18.0 Å². The van der Waals surface area contributed by atoms with Crippen molar-refractivity contribution in [1.29, 1.82) is 0 Å². The molecule has 0 saturated carbocycles. The molecule has 2 aromatic rings. The van der Waals surface area contributed by atoms with Crippen LogP contribution in [0.1, 0.15) is 6.92 Å². The van der Waals surface area contributed by atoms with Gasteiger partial charge in [-0.3, -0.25) is 9.69 Å². The summed E-state index contributed by atoms with van der Waals surface area (Å²) in [6.07, 6.45) is 2.08. The number of halogens is 2. The minimum Gasteiger partial charge on any atom is -0.442 e. The maximum Gasteiger partial charge on any atom is 0.414 e. The molecule has 0 spiro atoms. The molecule has 0 aliphatic carbocycles. The number of benzene rings is 1. The number of imidazole rings is 1. The summed E-state index contributed by atoms with van der Waals surface area (Å²) < 4.78 is 21.7. The number of hydrogen-bond acceptors (Lipinski definition) is 4. The Kier molecular flexibility index (Phi) is 4.52. The summed E-state index contributed by atoms with van der Waals surface area (Å²) in [7, 11) is 0. The number of cyclic esters (lactones) is 1. The molecule has 1 aromatic heterocycles. The molecule has 0 bridgehead atoms. The lowest BCUT2D eigenvalue weighted by Crippen LogP contribution is -2.33. The van der Waals surface area contributed by atoms with Crippen molar-refractivity contribution in [1.82, 2.24) is 14.9 Å². The van der Waals surface area contributed by atoms with Gasteiger partial charge < -0.3 is 14.6 Å². The molecule has 1 N–H and O–H groups in total. The summed E-state index contributed by atoms with van der Waals surface area (Å²) in [5.74, 6) is -0.693. The maximum absolute atomic E-state index is 14.4. The standard InChI is InChI=1S/C15H14BrFN4O3/c1-9(22)18-5-11-6-21(15(23)24-11)10-2-3-13(12(17)4-10)20-7-14(16)19-8-20/h2-4,7-8,11H,5-6H2,1H3,(H,18,22)/t11-/m1/s1. The van der Waals surface area contributed by atoms with Gasteiger partial charge in [0.1, 0.15) is 22.9 Å². The number of carbonyl (C=O) groups is 2. The fourth-order valence-electron chi connectivity index (χ4n) is 2.40. The summed E-state index contributed by atoms with van der Waals surface area (Å²) in [6.45, 7) is 1.85. The second-order valence-electron chi connectivity index (χ2n) is 5.29. The van der Waals surface area contributed by atoms with E-state index in [0.29, 0.717) is 16.0 Å². The Bertz CT molecular complexity index is 795. The van der Waals surface area contributed by atoms with Crippen LogP contribution < -0.4 is 10.2 Å². The van der Waals surface area contributed by atoms with Crippen LogP contribution in [-0.2, 0) is 9.53 Å². The van der Waals surface area contributed by atoms with E-state index in [4.69, 9.17) is 4.74 Å². The summed E-state index contributed by atoms with van der Waals surface area (Å²) in [5, 5.41) is 2.59. The zero-order valence-electron chi connectivity index (χ0n) is 12.7. The molecule has 7 nitrogen and oxygen atoms in total. The van der Waals surface area contributed by atoms with E-state index in [9.17, 15) is 14.0 Å². The monoisotopic (exact) mass is 396 g/mol. The molecular weight excluding hydrogens is 383 g/mol. The molecule has 1 aliphatic heterocycles. The molecule has 9 heteroatoms. The first-order valence-electron chi connectivity index (χ1n) is 7.16. The van der Waals surface area contributed by atoms with E-state index in [1.807, 2.05) is 0 Å². The molecule has 0 unspecified atom stereocenters. The molecule has 3 rings (SSSR count). The Labute approximate surface area is 145 Å². The van der Waals surface area contributed by atoms with Gasteiger partial charge >= 0.3 is 6.09 Å². The largest absolute Gasteiger partial charge is 0.442 e. The summed E-state index contributed by atoms with van der Waals surface area (Å²) in [4.78, 5) is 28.2. The van der Waals surface area contributed by atoms with Crippen molar-refractivity contribution in [2.24, 2.45) is 0 Å². The van der Waals surface area contributed by atoms with E-state index in [-0.39, 0.29) is 19.0 Å². The quantitative estimate of drug-likeness (QED) is 0.859. The third-order valence-corrected chi connectivity index (χ3v) is 3.93. The van der Waals surface area contributed by atoms with Gasteiger partial charge in [0.2, 0.25) is 5.91 Å². The normalized spacial score (nSPS) is 17.0. The molecule has 24 heavy (non-hydrogen) atoms. The van der Waals surface area contributed by atoms with Crippen molar-refractivity contribution in [3.63, 3.8) is 0 Å². The van der Waals surface area contributed by atoms with Crippen LogP contribution in [0.4, 0.5) is 14.9 Å². The molecule has 1 saturated heterocycles. The third-order valence-electron chi connectivity index (χ3n) is 3.52. The number of anilines is 1. The molecule has 2 amide bonds. The molecule has 2 heterocycles. The van der Waals surface area contributed by atoms with Gasteiger partial charge in [0.05, 0.1) is 24.5 Å². The zero-order valence-corrected chi connectivity index (χ0v) is 14.3. The highest BCUT2D eigenvalue weighted by Crippen LogP contribution is 2.25. The summed E-state index contributed by atoms with van der Waals surface area (Å²) in [6, 6.07) is 4.47. The minimum absolute atomic E-state index is 0.202. The van der Waals surface area contributed by atoms with Gasteiger partial charge in [0, 0.05) is 13.1 Å². The number of rotatable bonds is 4. The Morgan fingerprint density at radius 1 is 1.54 bits per heavy atom. The van der Waals surface area contributed by atoms with Crippen LogP contribution in [0.2, 0.25) is 0 Å². The van der Waals surface area contributed by atoms with Crippen LogP contribution >= 0.6 is 15.9 Å². The van der Waals surface area contributed by atoms with Crippen LogP contribution in [-0.4, -0.2) is 40.7 Å². The number of amides is 2. The average molecular weight is 397 g/mol. The van der Waals surface area contributed by atoms with E-state index in [2.05, 4.69) is 26.2 Å². The van der Waals surface area contributed by atoms with Crippen LogP contribution in [0.5, 0.6) is 0 Å². The molecule has 1 atom stereocenters. The Hall–Kier alpha value is -2.42. The number of hydrogen-bond donors (Lipinski definition) is 1. The third kappa shape index (κ3) is 3.40. The first-order valence-corrected chi connectivity index (χ1v) is 7.95. The number of nitrogens with one attached hydrogen (secondary N) is 1. The predicted molar refractivity (Wildman–Crippen MR) is 87.5 cm³/mol. The fraction of sp³-hybridized carbons (Fsp3) is 0.267. The van der Waals surface area contributed by atoms with Gasteiger partial charge in [-0.15, -0.1) is 0 Å². The van der Waals surface area contributed by atoms with Crippen LogP contribution in [0.3, 0.4) is 0 Å². The topological polar surface area (TPSA) is 76.5 Å². The van der Waals surface area contributed by atoms with Crippen molar-refractivity contribution in [2.45, 2.75) is 13.0 Å². The van der Waals surface area contributed by atoms with Crippen LogP contribution in [0, 0.1) is 5.82 Å². The summed E-state index contributed by atoms with van der Waals surface area (Å²) >= 11 is 3.21. The first kappa shape index (κ1) is 16.4.